The maximum Gasteiger partial charge on any atom is 0.271 e. The van der Waals surface area contributed by atoms with Crippen molar-refractivity contribution in [3.05, 3.63) is 57.6 Å². The Morgan fingerprint density at radius 3 is 2.80 bits per heavy atom. The zero-order valence-corrected chi connectivity index (χ0v) is 11.2. The van der Waals surface area contributed by atoms with Crippen LogP contribution in [0.3, 0.4) is 0 Å². The molecule has 20 heavy (non-hydrogen) atoms. The van der Waals surface area contributed by atoms with Crippen LogP contribution in [0, 0.1) is 24.0 Å². The van der Waals surface area contributed by atoms with Crippen molar-refractivity contribution in [3.8, 4) is 0 Å². The standard InChI is InChI=1S/C14H13N3O3/c1-9-13(10(2)20-15-9)8-16-6-5-11-3-4-12(17(18)19)7-14(11)16/h3-7H,8H2,1-2H3. The van der Waals surface area contributed by atoms with E-state index in [1.165, 1.54) is 6.07 Å². The number of benzene rings is 1. The van der Waals surface area contributed by atoms with E-state index < -0.39 is 0 Å². The molecule has 0 radical (unpaired) electrons. The Balaban J connectivity index is 2.08. The minimum atomic E-state index is -0.382. The number of nitro groups is 1. The van der Waals surface area contributed by atoms with Gasteiger partial charge in [-0.25, -0.2) is 0 Å². The smallest absolute Gasteiger partial charge is 0.271 e. The summed E-state index contributed by atoms with van der Waals surface area (Å²) in [7, 11) is 0. The van der Waals surface area contributed by atoms with Gasteiger partial charge in [-0.1, -0.05) is 5.16 Å². The fraction of sp³-hybridized carbons (Fsp3) is 0.214. The largest absolute Gasteiger partial charge is 0.361 e. The number of aromatic nitrogens is 2. The monoisotopic (exact) mass is 271 g/mol. The Kier molecular flexibility index (Phi) is 2.78. The second kappa shape index (κ2) is 4.48. The zero-order chi connectivity index (χ0) is 14.3. The van der Waals surface area contributed by atoms with Gasteiger partial charge in [0.2, 0.25) is 0 Å². The highest BCUT2D eigenvalue weighted by Gasteiger charge is 2.13. The third-order valence-electron chi connectivity index (χ3n) is 3.48. The van der Waals surface area contributed by atoms with Gasteiger partial charge in [0.05, 0.1) is 22.7 Å². The van der Waals surface area contributed by atoms with E-state index in [1.54, 1.807) is 12.1 Å². The van der Waals surface area contributed by atoms with E-state index in [0.717, 1.165) is 27.9 Å². The Labute approximate surface area is 114 Å². The molecule has 0 N–H and O–H groups in total. The number of non-ortho nitro benzene ring substituents is 1. The average molecular weight is 271 g/mol. The van der Waals surface area contributed by atoms with Crippen LogP contribution in [0.15, 0.2) is 35.0 Å². The first-order valence-electron chi connectivity index (χ1n) is 6.21. The van der Waals surface area contributed by atoms with E-state index >= 15 is 0 Å². The molecule has 1 aromatic carbocycles. The van der Waals surface area contributed by atoms with Gasteiger partial charge in [0.1, 0.15) is 5.76 Å². The van der Waals surface area contributed by atoms with Crippen molar-refractivity contribution < 1.29 is 9.45 Å². The number of aryl methyl sites for hydroxylation is 2. The van der Waals surface area contributed by atoms with E-state index in [4.69, 9.17) is 4.52 Å². The van der Waals surface area contributed by atoms with Crippen LogP contribution in [0.1, 0.15) is 17.0 Å². The molecular weight excluding hydrogens is 258 g/mol. The summed E-state index contributed by atoms with van der Waals surface area (Å²) in [5.74, 6) is 0.773. The van der Waals surface area contributed by atoms with Gasteiger partial charge in [-0.2, -0.15) is 0 Å². The highest BCUT2D eigenvalue weighted by atomic mass is 16.6. The summed E-state index contributed by atoms with van der Waals surface area (Å²) in [6, 6.07) is 6.81. The van der Waals surface area contributed by atoms with E-state index in [0.29, 0.717) is 6.54 Å². The molecule has 0 aliphatic heterocycles. The van der Waals surface area contributed by atoms with Gasteiger partial charge in [0, 0.05) is 29.3 Å². The molecule has 0 saturated carbocycles. The molecule has 6 nitrogen and oxygen atoms in total. The number of nitrogens with zero attached hydrogens (tertiary/aromatic N) is 3. The summed E-state index contributed by atoms with van der Waals surface area (Å²) in [6.07, 6.45) is 1.92. The van der Waals surface area contributed by atoms with Crippen molar-refractivity contribution in [1.82, 2.24) is 9.72 Å². The van der Waals surface area contributed by atoms with E-state index in [-0.39, 0.29) is 10.6 Å². The van der Waals surface area contributed by atoms with Crippen LogP contribution in [0.25, 0.3) is 10.9 Å². The minimum absolute atomic E-state index is 0.0937. The van der Waals surface area contributed by atoms with E-state index in [2.05, 4.69) is 5.16 Å². The lowest BCUT2D eigenvalue weighted by Crippen LogP contribution is -2.00. The van der Waals surface area contributed by atoms with Crippen LogP contribution in [0.2, 0.25) is 0 Å². The number of rotatable bonds is 3. The minimum Gasteiger partial charge on any atom is -0.361 e. The maximum atomic E-state index is 10.9. The summed E-state index contributed by atoms with van der Waals surface area (Å²) in [4.78, 5) is 10.5. The first kappa shape index (κ1) is 12.4. The molecule has 3 aromatic rings. The zero-order valence-electron chi connectivity index (χ0n) is 11.2. The van der Waals surface area contributed by atoms with Crippen molar-refractivity contribution in [2.24, 2.45) is 0 Å². The molecule has 0 unspecified atom stereocenters. The quantitative estimate of drug-likeness (QED) is 0.541. The van der Waals surface area contributed by atoms with E-state index in [1.807, 2.05) is 30.7 Å². The van der Waals surface area contributed by atoms with Gasteiger partial charge in [0.15, 0.2) is 0 Å². The van der Waals surface area contributed by atoms with Crippen LogP contribution >= 0.6 is 0 Å². The van der Waals surface area contributed by atoms with Crippen molar-refractivity contribution in [3.63, 3.8) is 0 Å². The van der Waals surface area contributed by atoms with E-state index in [9.17, 15) is 10.1 Å². The van der Waals surface area contributed by atoms with Gasteiger partial charge in [-0.3, -0.25) is 10.1 Å². The third kappa shape index (κ3) is 1.95. The van der Waals surface area contributed by atoms with Crippen molar-refractivity contribution in [1.29, 1.82) is 0 Å². The van der Waals surface area contributed by atoms with Gasteiger partial charge in [0.25, 0.3) is 5.69 Å². The first-order valence-corrected chi connectivity index (χ1v) is 6.21. The van der Waals surface area contributed by atoms with Crippen LogP contribution in [0.5, 0.6) is 0 Å². The Hall–Kier alpha value is -2.63. The first-order chi connectivity index (χ1) is 9.56. The SMILES string of the molecule is Cc1noc(C)c1Cn1ccc2ccc([N+](=O)[O-])cc21. The number of nitro benzene ring substituents is 1. The average Bonchev–Trinajstić information content (AvgIpc) is 2.97. The summed E-state index contributed by atoms with van der Waals surface area (Å²) in [5.41, 5.74) is 2.78. The second-order valence-corrected chi connectivity index (χ2v) is 4.75. The fourth-order valence-electron chi connectivity index (χ4n) is 2.32. The molecule has 0 saturated heterocycles. The summed E-state index contributed by atoms with van der Waals surface area (Å²) in [5, 5.41) is 15.8. The van der Waals surface area contributed by atoms with Crippen molar-refractivity contribution in [2.45, 2.75) is 20.4 Å². The molecule has 0 atom stereocenters. The van der Waals surface area contributed by atoms with Crippen LogP contribution < -0.4 is 0 Å². The molecule has 3 rings (SSSR count). The molecule has 2 heterocycles. The van der Waals surface area contributed by atoms with Crippen molar-refractivity contribution >= 4 is 16.6 Å². The summed E-state index contributed by atoms with van der Waals surface area (Å²) >= 11 is 0. The highest BCUT2D eigenvalue weighted by Crippen LogP contribution is 2.24. The number of fused-ring (bicyclic) bond motifs is 1. The van der Waals surface area contributed by atoms with Gasteiger partial charge >= 0.3 is 0 Å². The van der Waals surface area contributed by atoms with Crippen molar-refractivity contribution in [2.75, 3.05) is 0 Å². The Bertz CT molecular complexity index is 782. The van der Waals surface area contributed by atoms with Gasteiger partial charge in [-0.15, -0.1) is 0 Å². The lowest BCUT2D eigenvalue weighted by molar-refractivity contribution is -0.384. The molecule has 0 amide bonds. The lowest BCUT2D eigenvalue weighted by atomic mass is 10.2. The molecule has 102 valence electrons. The molecule has 0 spiro atoms. The molecular formula is C14H13N3O3. The summed E-state index contributed by atoms with van der Waals surface area (Å²) in [6.45, 7) is 4.34. The lowest BCUT2D eigenvalue weighted by Gasteiger charge is -2.05. The molecule has 6 heteroatoms. The molecule has 0 fully saturated rings. The topological polar surface area (TPSA) is 74.1 Å². The highest BCUT2D eigenvalue weighted by molar-refractivity contribution is 5.82. The fourth-order valence-corrected chi connectivity index (χ4v) is 2.32. The van der Waals surface area contributed by atoms with Crippen LogP contribution in [-0.4, -0.2) is 14.6 Å². The Morgan fingerprint density at radius 2 is 2.15 bits per heavy atom. The molecule has 0 bridgehead atoms. The normalized spacial score (nSPS) is 11.1. The molecule has 0 aliphatic rings. The van der Waals surface area contributed by atoms with Crippen LogP contribution in [0.4, 0.5) is 5.69 Å². The van der Waals surface area contributed by atoms with Gasteiger partial charge in [-0.05, 0) is 26.0 Å². The maximum absolute atomic E-state index is 10.9. The molecule has 0 aliphatic carbocycles. The summed E-state index contributed by atoms with van der Waals surface area (Å²) < 4.78 is 7.11. The number of hydrogen-bond donors (Lipinski definition) is 0. The second-order valence-electron chi connectivity index (χ2n) is 4.75. The predicted octanol–water partition coefficient (Wildman–Crippen LogP) is 3.20. The number of hydrogen-bond acceptors (Lipinski definition) is 4. The molecule has 2 aromatic heterocycles. The van der Waals surface area contributed by atoms with Crippen LogP contribution in [-0.2, 0) is 6.54 Å². The Morgan fingerprint density at radius 1 is 1.35 bits per heavy atom. The van der Waals surface area contributed by atoms with Gasteiger partial charge < -0.3 is 9.09 Å². The third-order valence-corrected chi connectivity index (χ3v) is 3.48. The predicted molar refractivity (Wildman–Crippen MR) is 73.7 cm³/mol.